The second-order valence-electron chi connectivity index (χ2n) is 5.70. The van der Waals surface area contributed by atoms with Gasteiger partial charge in [-0.15, -0.1) is 0 Å². The molecule has 0 aliphatic heterocycles. The van der Waals surface area contributed by atoms with Crippen LogP contribution < -0.4 is 15.8 Å². The number of benzene rings is 1. The molecule has 112 valence electrons. The van der Waals surface area contributed by atoms with Crippen LogP contribution in [0.3, 0.4) is 0 Å². The Morgan fingerprint density at radius 1 is 1.30 bits per heavy atom. The number of nitrogens with one attached hydrogen (secondary N) is 1. The standard InChI is InChI=1S/C15H24N2O3/c1-15(2,3)20-14(18)17-10-12(16)9-11-5-7-13(19-4)8-6-11/h5-8,12H,9-10,16H2,1-4H3,(H,17,18)/t12-/m0/s1. The topological polar surface area (TPSA) is 73.6 Å². The van der Waals surface area contributed by atoms with Crippen LogP contribution in [-0.4, -0.2) is 31.4 Å². The molecule has 5 nitrogen and oxygen atoms in total. The maximum absolute atomic E-state index is 11.5. The normalized spacial score (nSPS) is 12.7. The van der Waals surface area contributed by atoms with Gasteiger partial charge in [-0.25, -0.2) is 4.79 Å². The van der Waals surface area contributed by atoms with Gasteiger partial charge in [0.2, 0.25) is 0 Å². The number of carbonyl (C=O) groups is 1. The van der Waals surface area contributed by atoms with Crippen LogP contribution in [0.1, 0.15) is 26.3 Å². The molecule has 1 atom stereocenters. The number of alkyl carbamates (subject to hydrolysis) is 1. The SMILES string of the molecule is COc1ccc(C[C@H](N)CNC(=O)OC(C)(C)C)cc1. The van der Waals surface area contributed by atoms with Gasteiger partial charge in [-0.2, -0.15) is 0 Å². The van der Waals surface area contributed by atoms with Crippen molar-refractivity contribution < 1.29 is 14.3 Å². The van der Waals surface area contributed by atoms with Crippen LogP contribution in [0.25, 0.3) is 0 Å². The fourth-order valence-corrected chi connectivity index (χ4v) is 1.67. The van der Waals surface area contributed by atoms with Gasteiger partial charge in [-0.1, -0.05) is 12.1 Å². The molecule has 0 heterocycles. The zero-order valence-corrected chi connectivity index (χ0v) is 12.6. The van der Waals surface area contributed by atoms with Crippen LogP contribution in [0.2, 0.25) is 0 Å². The summed E-state index contributed by atoms with van der Waals surface area (Å²) in [6.07, 6.45) is 0.238. The van der Waals surface area contributed by atoms with Crippen molar-refractivity contribution in [3.8, 4) is 5.75 Å². The van der Waals surface area contributed by atoms with Crippen LogP contribution >= 0.6 is 0 Å². The highest BCUT2D eigenvalue weighted by Crippen LogP contribution is 2.12. The molecule has 0 saturated carbocycles. The van der Waals surface area contributed by atoms with E-state index in [1.54, 1.807) is 7.11 Å². The molecule has 5 heteroatoms. The quantitative estimate of drug-likeness (QED) is 0.866. The number of amides is 1. The Morgan fingerprint density at radius 2 is 1.90 bits per heavy atom. The average Bonchev–Trinajstić information content (AvgIpc) is 2.35. The summed E-state index contributed by atoms with van der Waals surface area (Å²) in [6, 6.07) is 7.56. The first-order chi connectivity index (χ1) is 9.30. The van der Waals surface area contributed by atoms with E-state index in [9.17, 15) is 4.79 Å². The molecule has 1 aromatic rings. The highest BCUT2D eigenvalue weighted by molar-refractivity contribution is 5.67. The molecule has 20 heavy (non-hydrogen) atoms. The van der Waals surface area contributed by atoms with E-state index in [2.05, 4.69) is 5.32 Å². The fraction of sp³-hybridized carbons (Fsp3) is 0.533. The first kappa shape index (κ1) is 16.3. The van der Waals surface area contributed by atoms with Crippen LogP contribution in [0.15, 0.2) is 24.3 Å². The summed E-state index contributed by atoms with van der Waals surface area (Å²) in [7, 11) is 1.63. The summed E-state index contributed by atoms with van der Waals surface area (Å²) >= 11 is 0. The molecular formula is C15H24N2O3. The predicted octanol–water partition coefficient (Wildman–Crippen LogP) is 2.09. The van der Waals surface area contributed by atoms with Gasteiger partial charge in [0, 0.05) is 12.6 Å². The van der Waals surface area contributed by atoms with Gasteiger partial charge in [0.1, 0.15) is 11.4 Å². The molecular weight excluding hydrogens is 256 g/mol. The molecule has 1 amide bonds. The smallest absolute Gasteiger partial charge is 0.407 e. The van der Waals surface area contributed by atoms with Crippen molar-refractivity contribution in [1.29, 1.82) is 0 Å². The van der Waals surface area contributed by atoms with Gasteiger partial charge in [-0.3, -0.25) is 0 Å². The van der Waals surface area contributed by atoms with E-state index in [-0.39, 0.29) is 6.04 Å². The summed E-state index contributed by atoms with van der Waals surface area (Å²) in [5.41, 5.74) is 6.59. The summed E-state index contributed by atoms with van der Waals surface area (Å²) in [4.78, 5) is 11.5. The Kier molecular flexibility index (Phi) is 5.82. The molecule has 0 spiro atoms. The molecule has 0 radical (unpaired) electrons. The maximum atomic E-state index is 11.5. The highest BCUT2D eigenvalue weighted by Gasteiger charge is 2.16. The number of carbonyl (C=O) groups excluding carboxylic acids is 1. The number of hydrogen-bond donors (Lipinski definition) is 2. The minimum atomic E-state index is -0.496. The summed E-state index contributed by atoms with van der Waals surface area (Å²) in [5, 5.41) is 2.67. The van der Waals surface area contributed by atoms with Gasteiger partial charge in [0.15, 0.2) is 0 Å². The Bertz CT molecular complexity index is 424. The summed E-state index contributed by atoms with van der Waals surface area (Å²) in [6.45, 7) is 5.85. The Labute approximate surface area is 120 Å². The zero-order chi connectivity index (χ0) is 15.2. The molecule has 0 aliphatic rings. The minimum Gasteiger partial charge on any atom is -0.497 e. The third-order valence-electron chi connectivity index (χ3n) is 2.56. The van der Waals surface area contributed by atoms with Gasteiger partial charge in [0.25, 0.3) is 0 Å². The zero-order valence-electron chi connectivity index (χ0n) is 12.6. The molecule has 0 unspecified atom stereocenters. The average molecular weight is 280 g/mol. The third kappa shape index (κ3) is 6.43. The maximum Gasteiger partial charge on any atom is 0.407 e. The lowest BCUT2D eigenvalue weighted by Crippen LogP contribution is -2.41. The Balaban J connectivity index is 2.36. The minimum absolute atomic E-state index is 0.157. The van der Waals surface area contributed by atoms with Gasteiger partial charge in [0.05, 0.1) is 7.11 Å². The fourth-order valence-electron chi connectivity index (χ4n) is 1.67. The largest absolute Gasteiger partial charge is 0.497 e. The van der Waals surface area contributed by atoms with Crippen LogP contribution in [0, 0.1) is 0 Å². The van der Waals surface area contributed by atoms with Gasteiger partial charge >= 0.3 is 6.09 Å². The van der Waals surface area contributed by atoms with Crippen molar-refractivity contribution in [2.24, 2.45) is 5.73 Å². The molecule has 0 fully saturated rings. The molecule has 0 bridgehead atoms. The Hall–Kier alpha value is -1.75. The molecule has 1 rings (SSSR count). The first-order valence-corrected chi connectivity index (χ1v) is 6.65. The molecule has 3 N–H and O–H groups in total. The van der Waals surface area contributed by atoms with Crippen molar-refractivity contribution in [3.05, 3.63) is 29.8 Å². The van der Waals surface area contributed by atoms with E-state index in [1.807, 2.05) is 45.0 Å². The van der Waals surface area contributed by atoms with Gasteiger partial charge in [-0.05, 0) is 44.9 Å². The lowest BCUT2D eigenvalue weighted by atomic mass is 10.1. The molecule has 1 aromatic carbocycles. The lowest BCUT2D eigenvalue weighted by Gasteiger charge is -2.20. The van der Waals surface area contributed by atoms with Gasteiger partial charge < -0.3 is 20.5 Å². The van der Waals surface area contributed by atoms with Crippen LogP contribution in [0.5, 0.6) is 5.75 Å². The number of rotatable bonds is 5. The number of hydrogen-bond acceptors (Lipinski definition) is 4. The second kappa shape index (κ2) is 7.14. The van der Waals surface area contributed by atoms with Crippen molar-refractivity contribution in [3.63, 3.8) is 0 Å². The molecule has 0 aromatic heterocycles. The summed E-state index contributed by atoms with van der Waals surface area (Å²) < 4.78 is 10.2. The highest BCUT2D eigenvalue weighted by atomic mass is 16.6. The van der Waals surface area contributed by atoms with E-state index in [0.29, 0.717) is 13.0 Å². The summed E-state index contributed by atoms with van der Waals surface area (Å²) in [5.74, 6) is 0.814. The molecule has 0 saturated heterocycles. The van der Waals surface area contributed by atoms with Crippen molar-refractivity contribution in [1.82, 2.24) is 5.32 Å². The predicted molar refractivity (Wildman–Crippen MR) is 78.9 cm³/mol. The number of methoxy groups -OCH3 is 1. The van der Waals surface area contributed by atoms with E-state index in [4.69, 9.17) is 15.2 Å². The van der Waals surface area contributed by atoms with Crippen molar-refractivity contribution >= 4 is 6.09 Å². The number of nitrogens with two attached hydrogens (primary N) is 1. The van der Waals surface area contributed by atoms with Crippen molar-refractivity contribution in [2.45, 2.75) is 38.8 Å². The van der Waals surface area contributed by atoms with Crippen LogP contribution in [0.4, 0.5) is 4.79 Å². The van der Waals surface area contributed by atoms with E-state index >= 15 is 0 Å². The second-order valence-corrected chi connectivity index (χ2v) is 5.70. The monoisotopic (exact) mass is 280 g/mol. The first-order valence-electron chi connectivity index (χ1n) is 6.65. The van der Waals surface area contributed by atoms with Crippen molar-refractivity contribution in [2.75, 3.05) is 13.7 Å². The Morgan fingerprint density at radius 3 is 2.40 bits per heavy atom. The van der Waals surface area contributed by atoms with E-state index in [0.717, 1.165) is 11.3 Å². The third-order valence-corrected chi connectivity index (χ3v) is 2.56. The lowest BCUT2D eigenvalue weighted by molar-refractivity contribution is 0.0524. The van der Waals surface area contributed by atoms with Crippen LogP contribution in [-0.2, 0) is 11.2 Å². The van der Waals surface area contributed by atoms with E-state index in [1.165, 1.54) is 0 Å². The molecule has 0 aliphatic carbocycles. The number of ether oxygens (including phenoxy) is 2. The van der Waals surface area contributed by atoms with E-state index < -0.39 is 11.7 Å².